The first-order valence-electron chi connectivity index (χ1n) is 4.71. The summed E-state index contributed by atoms with van der Waals surface area (Å²) in [6, 6.07) is 0. The molecule has 0 rings (SSSR count). The predicted molar refractivity (Wildman–Crippen MR) is 57.2 cm³/mol. The van der Waals surface area contributed by atoms with E-state index in [1.807, 2.05) is 0 Å². The molecule has 0 amide bonds. The van der Waals surface area contributed by atoms with Gasteiger partial charge in [0.25, 0.3) is 0 Å². The SMILES string of the molecule is CC=CCCC(=CC)CC=CC. The van der Waals surface area contributed by atoms with Crippen LogP contribution >= 0.6 is 0 Å². The zero-order valence-electron chi connectivity index (χ0n) is 8.51. The average molecular weight is 164 g/mol. The van der Waals surface area contributed by atoms with Gasteiger partial charge in [-0.15, -0.1) is 0 Å². The fourth-order valence-electron chi connectivity index (χ4n) is 1.07. The third-order valence-electron chi connectivity index (χ3n) is 1.89. The summed E-state index contributed by atoms with van der Waals surface area (Å²) in [4.78, 5) is 0. The minimum Gasteiger partial charge on any atom is -0.0917 e. The van der Waals surface area contributed by atoms with E-state index in [0.717, 1.165) is 6.42 Å². The second-order valence-corrected chi connectivity index (χ2v) is 2.83. The number of hydrogen-bond acceptors (Lipinski definition) is 0. The van der Waals surface area contributed by atoms with Gasteiger partial charge in [0, 0.05) is 0 Å². The maximum Gasteiger partial charge on any atom is -0.0139 e. The van der Waals surface area contributed by atoms with Crippen molar-refractivity contribution in [3.8, 4) is 0 Å². The van der Waals surface area contributed by atoms with Crippen LogP contribution in [0.4, 0.5) is 0 Å². The quantitative estimate of drug-likeness (QED) is 0.533. The van der Waals surface area contributed by atoms with Gasteiger partial charge in [-0.1, -0.05) is 36.0 Å². The van der Waals surface area contributed by atoms with E-state index in [9.17, 15) is 0 Å². The van der Waals surface area contributed by atoms with Crippen molar-refractivity contribution < 1.29 is 0 Å². The maximum atomic E-state index is 2.23. The van der Waals surface area contributed by atoms with E-state index in [1.54, 1.807) is 0 Å². The normalized spacial score (nSPS) is 13.4. The Hall–Kier alpha value is -0.780. The van der Waals surface area contributed by atoms with E-state index >= 15 is 0 Å². The standard InChI is InChI=1S/C12H20/c1-4-7-9-11-12(6-3)10-8-5-2/h4-8H,9-11H2,1-3H3. The molecule has 0 aromatic rings. The van der Waals surface area contributed by atoms with Gasteiger partial charge >= 0.3 is 0 Å². The number of rotatable bonds is 5. The molecule has 12 heavy (non-hydrogen) atoms. The van der Waals surface area contributed by atoms with Gasteiger partial charge < -0.3 is 0 Å². The van der Waals surface area contributed by atoms with Crippen molar-refractivity contribution in [2.24, 2.45) is 0 Å². The van der Waals surface area contributed by atoms with Crippen molar-refractivity contribution in [2.75, 3.05) is 0 Å². The topological polar surface area (TPSA) is 0 Å². The molecule has 0 unspecified atom stereocenters. The molecule has 0 aromatic carbocycles. The second kappa shape index (κ2) is 8.32. The largest absolute Gasteiger partial charge is 0.0917 e. The molecule has 0 aliphatic heterocycles. The van der Waals surface area contributed by atoms with Gasteiger partial charge in [-0.2, -0.15) is 0 Å². The molecule has 0 spiro atoms. The molecule has 0 atom stereocenters. The fraction of sp³-hybridized carbons (Fsp3) is 0.500. The molecular formula is C12H20. The van der Waals surface area contributed by atoms with E-state index < -0.39 is 0 Å². The molecule has 0 N–H and O–H groups in total. The van der Waals surface area contributed by atoms with Gasteiger partial charge in [-0.25, -0.2) is 0 Å². The van der Waals surface area contributed by atoms with Crippen LogP contribution in [0.15, 0.2) is 36.0 Å². The minimum atomic E-state index is 1.12. The zero-order chi connectivity index (χ0) is 9.23. The first-order chi connectivity index (χ1) is 5.85. The first kappa shape index (κ1) is 11.2. The second-order valence-electron chi connectivity index (χ2n) is 2.83. The highest BCUT2D eigenvalue weighted by Crippen LogP contribution is 2.10. The van der Waals surface area contributed by atoms with E-state index in [-0.39, 0.29) is 0 Å². The molecule has 0 radical (unpaired) electrons. The summed E-state index contributed by atoms with van der Waals surface area (Å²) in [7, 11) is 0. The maximum absolute atomic E-state index is 2.23. The smallest absolute Gasteiger partial charge is 0.0139 e. The van der Waals surface area contributed by atoms with Gasteiger partial charge in [-0.05, 0) is 40.0 Å². The summed E-state index contributed by atoms with van der Waals surface area (Å²) < 4.78 is 0. The van der Waals surface area contributed by atoms with Crippen molar-refractivity contribution >= 4 is 0 Å². The van der Waals surface area contributed by atoms with Crippen LogP contribution in [-0.2, 0) is 0 Å². The highest BCUT2D eigenvalue weighted by atomic mass is 14.0. The Morgan fingerprint density at radius 2 is 1.67 bits per heavy atom. The Balaban J connectivity index is 3.69. The molecular weight excluding hydrogens is 144 g/mol. The van der Waals surface area contributed by atoms with Gasteiger partial charge in [0.05, 0.1) is 0 Å². The lowest BCUT2D eigenvalue weighted by molar-refractivity contribution is 0.934. The lowest BCUT2D eigenvalue weighted by Gasteiger charge is -2.00. The Kier molecular flexibility index (Phi) is 7.78. The molecule has 68 valence electrons. The monoisotopic (exact) mass is 164 g/mol. The Labute approximate surface area is 76.7 Å². The van der Waals surface area contributed by atoms with E-state index in [4.69, 9.17) is 0 Å². The molecule has 0 bridgehead atoms. The van der Waals surface area contributed by atoms with E-state index in [1.165, 1.54) is 18.4 Å². The summed E-state index contributed by atoms with van der Waals surface area (Å²) in [6.45, 7) is 6.26. The highest BCUT2D eigenvalue weighted by molar-refractivity contribution is 5.07. The van der Waals surface area contributed by atoms with Gasteiger partial charge in [0.1, 0.15) is 0 Å². The third-order valence-corrected chi connectivity index (χ3v) is 1.89. The number of allylic oxidation sites excluding steroid dienone is 6. The van der Waals surface area contributed by atoms with Crippen LogP contribution in [0.2, 0.25) is 0 Å². The molecule has 0 nitrogen and oxygen atoms in total. The summed E-state index contributed by atoms with van der Waals surface area (Å²) in [5.41, 5.74) is 1.53. The Morgan fingerprint density at radius 3 is 2.17 bits per heavy atom. The summed E-state index contributed by atoms with van der Waals surface area (Å²) in [5.74, 6) is 0. The Morgan fingerprint density at radius 1 is 1.00 bits per heavy atom. The molecule has 0 aliphatic carbocycles. The highest BCUT2D eigenvalue weighted by Gasteiger charge is 1.90. The third kappa shape index (κ3) is 5.96. The molecule has 0 saturated carbocycles. The van der Waals surface area contributed by atoms with Crippen molar-refractivity contribution in [1.29, 1.82) is 0 Å². The first-order valence-corrected chi connectivity index (χ1v) is 4.71. The summed E-state index contributed by atoms with van der Waals surface area (Å²) >= 11 is 0. The van der Waals surface area contributed by atoms with Crippen LogP contribution in [0.5, 0.6) is 0 Å². The molecule has 0 fully saturated rings. The fourth-order valence-corrected chi connectivity index (χ4v) is 1.07. The summed E-state index contributed by atoms with van der Waals surface area (Å²) in [6.07, 6.45) is 14.4. The number of hydrogen-bond donors (Lipinski definition) is 0. The molecule has 0 saturated heterocycles. The molecule has 0 heteroatoms. The van der Waals surface area contributed by atoms with Crippen LogP contribution < -0.4 is 0 Å². The van der Waals surface area contributed by atoms with Gasteiger partial charge in [-0.3, -0.25) is 0 Å². The Bertz CT molecular complexity index is 170. The van der Waals surface area contributed by atoms with Gasteiger partial charge in [0.2, 0.25) is 0 Å². The van der Waals surface area contributed by atoms with Crippen LogP contribution in [-0.4, -0.2) is 0 Å². The average Bonchev–Trinajstić information content (AvgIpc) is 2.11. The summed E-state index contributed by atoms with van der Waals surface area (Å²) in [5, 5.41) is 0. The van der Waals surface area contributed by atoms with Crippen LogP contribution in [0.1, 0.15) is 40.0 Å². The van der Waals surface area contributed by atoms with Crippen molar-refractivity contribution in [3.05, 3.63) is 36.0 Å². The van der Waals surface area contributed by atoms with Crippen molar-refractivity contribution in [3.63, 3.8) is 0 Å². The minimum absolute atomic E-state index is 1.12. The molecule has 0 heterocycles. The zero-order valence-corrected chi connectivity index (χ0v) is 8.51. The van der Waals surface area contributed by atoms with E-state index in [0.29, 0.717) is 0 Å². The van der Waals surface area contributed by atoms with Crippen molar-refractivity contribution in [1.82, 2.24) is 0 Å². The van der Waals surface area contributed by atoms with Crippen molar-refractivity contribution in [2.45, 2.75) is 40.0 Å². The molecule has 0 aromatic heterocycles. The van der Waals surface area contributed by atoms with E-state index in [2.05, 4.69) is 51.2 Å². The molecule has 0 aliphatic rings. The predicted octanol–water partition coefficient (Wildman–Crippen LogP) is 4.26. The van der Waals surface area contributed by atoms with Crippen LogP contribution in [0.3, 0.4) is 0 Å². The lowest BCUT2D eigenvalue weighted by atomic mass is 10.1. The lowest BCUT2D eigenvalue weighted by Crippen LogP contribution is -1.80. The van der Waals surface area contributed by atoms with Crippen LogP contribution in [0.25, 0.3) is 0 Å². The van der Waals surface area contributed by atoms with Gasteiger partial charge in [0.15, 0.2) is 0 Å². The van der Waals surface area contributed by atoms with Crippen LogP contribution in [0, 0.1) is 0 Å².